The Kier molecular flexibility index (Phi) is 7.01. The molecule has 2 aliphatic heterocycles. The maximum absolute atomic E-state index is 10.9. The molecule has 4 N–H and O–H groups in total. The van der Waals surface area contributed by atoms with E-state index in [1.807, 2.05) is 12.1 Å². The molecule has 15 heteroatoms. The first-order chi connectivity index (χ1) is 14.3. The Bertz CT molecular complexity index is 1170. The summed E-state index contributed by atoms with van der Waals surface area (Å²) in [5.74, 6) is 0.201. The average Bonchev–Trinajstić information content (AvgIpc) is 3.21. The number of imidazole rings is 1. The smallest absolute Gasteiger partial charge is 0.325 e. The molecule has 2 saturated heterocycles. The molecule has 159 valence electrons. The van der Waals surface area contributed by atoms with Crippen LogP contribution in [0.25, 0.3) is 11.2 Å². The van der Waals surface area contributed by atoms with Gasteiger partial charge in [-0.3, -0.25) is 9.09 Å². The minimum absolute atomic E-state index is 0. The maximum atomic E-state index is 10.9. The van der Waals surface area contributed by atoms with Gasteiger partial charge in [-0.2, -0.15) is 0 Å². The van der Waals surface area contributed by atoms with E-state index in [2.05, 4.69) is 15.0 Å². The number of aliphatic hydroxyl groups excluding tert-OH is 1. The van der Waals surface area contributed by atoms with E-state index in [1.54, 1.807) is 16.7 Å². The van der Waals surface area contributed by atoms with E-state index in [9.17, 15) is 10.00 Å². The largest absolute Gasteiger partial charge is 0.386 e. The van der Waals surface area contributed by atoms with Gasteiger partial charge in [0.25, 0.3) is 0 Å². The SMILES string of the molecule is Nc1ncnc2c1nc(Sc1ccc(Cl)cc1)n2[C@@H]1O[C@@H]2COP(O)(=S)O[C@H]2[C@H]1O.[Na]. The van der Waals surface area contributed by atoms with Crippen molar-refractivity contribution in [3.63, 3.8) is 0 Å². The van der Waals surface area contributed by atoms with Crippen LogP contribution in [0.3, 0.4) is 0 Å². The Hall–Kier alpha value is -0.340. The summed E-state index contributed by atoms with van der Waals surface area (Å²) in [6.45, 7) is -3.41. The normalized spacial score (nSPS) is 30.2. The molecule has 4 heterocycles. The second-order valence-electron chi connectivity index (χ2n) is 6.64. The van der Waals surface area contributed by atoms with Gasteiger partial charge in [0, 0.05) is 39.5 Å². The van der Waals surface area contributed by atoms with Crippen molar-refractivity contribution in [2.75, 3.05) is 12.3 Å². The summed E-state index contributed by atoms with van der Waals surface area (Å²) in [6, 6.07) is 7.21. The van der Waals surface area contributed by atoms with Crippen LogP contribution >= 0.6 is 30.1 Å². The van der Waals surface area contributed by atoms with Crippen LogP contribution in [0.5, 0.6) is 0 Å². The van der Waals surface area contributed by atoms with Gasteiger partial charge in [0.2, 0.25) is 0 Å². The summed E-state index contributed by atoms with van der Waals surface area (Å²) >= 11 is 12.2. The molecule has 1 unspecified atom stereocenters. The van der Waals surface area contributed by atoms with Crippen molar-refractivity contribution in [2.24, 2.45) is 0 Å². The van der Waals surface area contributed by atoms with E-state index in [-0.39, 0.29) is 42.0 Å². The van der Waals surface area contributed by atoms with Gasteiger partial charge in [-0.15, -0.1) is 0 Å². The number of fused-ring (bicyclic) bond motifs is 2. The Morgan fingerprint density at radius 3 is 2.77 bits per heavy atom. The van der Waals surface area contributed by atoms with E-state index in [0.717, 1.165) is 4.90 Å². The van der Waals surface area contributed by atoms with Crippen LogP contribution in [-0.4, -0.2) is 84.0 Å². The number of nitrogens with zero attached hydrogens (tertiary/aromatic N) is 4. The van der Waals surface area contributed by atoms with E-state index in [0.29, 0.717) is 21.3 Å². The summed E-state index contributed by atoms with van der Waals surface area (Å²) in [7, 11) is 0. The molecule has 1 radical (unpaired) electrons. The zero-order valence-corrected chi connectivity index (χ0v) is 21.3. The first kappa shape index (κ1) is 23.8. The molecule has 0 spiro atoms. The molecular weight excluding hydrogens is 496 g/mol. The van der Waals surface area contributed by atoms with Gasteiger partial charge in [-0.25, -0.2) is 15.0 Å². The second kappa shape index (κ2) is 9.13. The number of aliphatic hydroxyl groups is 1. The van der Waals surface area contributed by atoms with E-state index in [1.165, 1.54) is 18.1 Å². The van der Waals surface area contributed by atoms with Gasteiger partial charge in [-0.1, -0.05) is 23.4 Å². The molecule has 5 atom stereocenters. The van der Waals surface area contributed by atoms with Crippen LogP contribution in [0.15, 0.2) is 40.6 Å². The molecule has 0 amide bonds. The molecule has 0 saturated carbocycles. The zero-order valence-electron chi connectivity index (χ0n) is 16.0. The van der Waals surface area contributed by atoms with Crippen LogP contribution < -0.4 is 5.73 Å². The molecule has 1 aromatic carbocycles. The zero-order chi connectivity index (χ0) is 21.0. The molecule has 2 aromatic heterocycles. The van der Waals surface area contributed by atoms with Gasteiger partial charge < -0.3 is 25.0 Å². The summed E-state index contributed by atoms with van der Waals surface area (Å²) < 4.78 is 18.2. The Morgan fingerprint density at radius 1 is 1.29 bits per heavy atom. The van der Waals surface area contributed by atoms with E-state index in [4.69, 9.17) is 42.9 Å². The van der Waals surface area contributed by atoms with Gasteiger partial charge >= 0.3 is 6.72 Å². The number of benzene rings is 1. The number of ether oxygens (including phenoxy) is 1. The number of hydrogen-bond donors (Lipinski definition) is 3. The number of nitrogen functional groups attached to an aromatic ring is 1. The number of nitrogens with two attached hydrogens (primary N) is 1. The van der Waals surface area contributed by atoms with Gasteiger partial charge in [0.15, 0.2) is 28.4 Å². The monoisotopic (exact) mass is 510 g/mol. The molecule has 2 fully saturated rings. The third-order valence-electron chi connectivity index (χ3n) is 4.72. The van der Waals surface area contributed by atoms with Crippen LogP contribution in [-0.2, 0) is 25.6 Å². The topological polar surface area (TPSA) is 138 Å². The van der Waals surface area contributed by atoms with Gasteiger partial charge in [0.05, 0.1) is 6.61 Å². The van der Waals surface area contributed by atoms with Crippen molar-refractivity contribution < 1.29 is 23.8 Å². The first-order valence-electron chi connectivity index (χ1n) is 8.73. The van der Waals surface area contributed by atoms with Crippen molar-refractivity contribution in [3.8, 4) is 0 Å². The number of hydrogen-bond acceptors (Lipinski definition) is 10. The van der Waals surface area contributed by atoms with Crippen LogP contribution in [0.4, 0.5) is 5.82 Å². The van der Waals surface area contributed by atoms with Crippen molar-refractivity contribution in [3.05, 3.63) is 35.6 Å². The van der Waals surface area contributed by atoms with Gasteiger partial charge in [-0.05, 0) is 36.1 Å². The van der Waals surface area contributed by atoms with E-state index >= 15 is 0 Å². The second-order valence-corrected chi connectivity index (χ2v) is 10.9. The summed E-state index contributed by atoms with van der Waals surface area (Å²) in [5.41, 5.74) is 6.77. The number of aromatic nitrogens is 4. The first-order valence-corrected chi connectivity index (χ1v) is 12.5. The number of rotatable bonds is 3. The Labute approximate surface area is 213 Å². The number of anilines is 1. The molecule has 5 rings (SSSR count). The maximum Gasteiger partial charge on any atom is 0.325 e. The van der Waals surface area contributed by atoms with Crippen LogP contribution in [0.2, 0.25) is 5.02 Å². The minimum atomic E-state index is -3.42. The molecular formula is C16H15ClN5NaO5PS2. The third kappa shape index (κ3) is 4.54. The van der Waals surface area contributed by atoms with Crippen LogP contribution in [0.1, 0.15) is 6.23 Å². The Balaban J connectivity index is 0.00000231. The van der Waals surface area contributed by atoms with Crippen molar-refractivity contribution >= 4 is 88.4 Å². The molecule has 10 nitrogen and oxygen atoms in total. The summed E-state index contributed by atoms with van der Waals surface area (Å²) in [5, 5.41) is 12.0. The average molecular weight is 511 g/mol. The molecule has 3 aromatic rings. The molecule has 0 aliphatic carbocycles. The molecule has 31 heavy (non-hydrogen) atoms. The molecule has 2 aliphatic rings. The quantitative estimate of drug-likeness (QED) is 0.351. The third-order valence-corrected chi connectivity index (χ3v) is 7.51. The van der Waals surface area contributed by atoms with Gasteiger partial charge in [0.1, 0.15) is 24.6 Å². The summed E-state index contributed by atoms with van der Waals surface area (Å²) in [6.07, 6.45) is -2.20. The fourth-order valence-corrected chi connectivity index (χ4v) is 5.84. The fourth-order valence-electron chi connectivity index (χ4n) is 3.36. The standard InChI is InChI=1S/C16H15ClN5O5PS2.Na/c17-7-1-3-8(4-2-7)30-16-21-10-13(18)19-6-20-14(10)22(16)15-11(23)12-9(26-15)5-25-28(24,29)27-12;/h1-4,6,9,11-12,15,23H,5H2,(H,24,29)(H2,18,19,20);/t9-,11-,12-,15-,28?;/m1./s1. The van der Waals surface area contributed by atoms with Crippen LogP contribution in [0, 0.1) is 0 Å². The summed E-state index contributed by atoms with van der Waals surface area (Å²) in [4.78, 5) is 23.7. The minimum Gasteiger partial charge on any atom is -0.386 e. The van der Waals surface area contributed by atoms with Crippen molar-refractivity contribution in [1.29, 1.82) is 0 Å². The van der Waals surface area contributed by atoms with E-state index < -0.39 is 31.3 Å². The fraction of sp³-hybridized carbons (Fsp3) is 0.312. The molecule has 0 bridgehead atoms. The van der Waals surface area contributed by atoms with Crippen molar-refractivity contribution in [1.82, 2.24) is 19.5 Å². The predicted molar refractivity (Wildman–Crippen MR) is 118 cm³/mol. The Morgan fingerprint density at radius 2 is 2.03 bits per heavy atom. The van der Waals surface area contributed by atoms with Crippen molar-refractivity contribution in [2.45, 2.75) is 34.6 Å². The number of halogens is 1. The predicted octanol–water partition coefficient (Wildman–Crippen LogP) is 1.72.